The van der Waals surface area contributed by atoms with E-state index in [-0.39, 0.29) is 0 Å². The Labute approximate surface area is 181 Å². The summed E-state index contributed by atoms with van der Waals surface area (Å²) in [6.07, 6.45) is 12.2. The highest BCUT2D eigenvalue weighted by atomic mass is 31.2. The van der Waals surface area contributed by atoms with Gasteiger partial charge in [0.05, 0.1) is 0 Å². The molecule has 0 saturated heterocycles. The van der Waals surface area contributed by atoms with Gasteiger partial charge in [-0.3, -0.25) is 0 Å². The fourth-order valence-corrected chi connectivity index (χ4v) is 6.06. The van der Waals surface area contributed by atoms with Crippen molar-refractivity contribution in [3.8, 4) is 11.5 Å². The molecule has 0 aliphatic heterocycles. The first-order valence-corrected chi connectivity index (χ1v) is 13.1. The third-order valence-corrected chi connectivity index (χ3v) is 7.95. The first kappa shape index (κ1) is 21.2. The third kappa shape index (κ3) is 5.01. The van der Waals surface area contributed by atoms with Crippen LogP contribution in [0.25, 0.3) is 0 Å². The van der Waals surface area contributed by atoms with E-state index in [1.54, 1.807) is 0 Å². The highest BCUT2D eigenvalue weighted by molar-refractivity contribution is 7.58. The Morgan fingerprint density at radius 2 is 1.10 bits per heavy atom. The van der Waals surface area contributed by atoms with Crippen molar-refractivity contribution in [1.29, 1.82) is 0 Å². The molecule has 4 heteroatoms. The minimum Gasteiger partial charge on any atom is -0.413 e. The summed E-state index contributed by atoms with van der Waals surface area (Å²) >= 11 is 0. The fraction of sp³-hybridized carbons (Fsp3) is 0.462. The lowest BCUT2D eigenvalue weighted by Crippen LogP contribution is -2.09. The van der Waals surface area contributed by atoms with E-state index < -0.39 is 7.60 Å². The minimum atomic E-state index is -3.54. The summed E-state index contributed by atoms with van der Waals surface area (Å²) in [5.74, 6) is 3.61. The average Bonchev–Trinajstić information content (AvgIpc) is 2.81. The fourth-order valence-electron chi connectivity index (χ4n) is 5.00. The van der Waals surface area contributed by atoms with Crippen molar-refractivity contribution in [3.63, 3.8) is 0 Å². The van der Waals surface area contributed by atoms with E-state index in [9.17, 15) is 4.57 Å². The zero-order chi connectivity index (χ0) is 20.8. The van der Waals surface area contributed by atoms with Gasteiger partial charge in [0, 0.05) is 5.82 Å². The van der Waals surface area contributed by atoms with Crippen molar-refractivity contribution in [2.75, 3.05) is 0 Å². The first-order chi connectivity index (χ1) is 14.7. The molecule has 3 nitrogen and oxygen atoms in total. The van der Waals surface area contributed by atoms with E-state index in [2.05, 4.69) is 18.7 Å². The molecule has 0 spiro atoms. The summed E-state index contributed by atoms with van der Waals surface area (Å²) in [5, 5.41) is 0. The molecule has 30 heavy (non-hydrogen) atoms. The molecule has 0 heterocycles. The number of rotatable bonds is 7. The maximum Gasteiger partial charge on any atom is 0.455 e. The second-order valence-electron chi connectivity index (χ2n) is 8.65. The summed E-state index contributed by atoms with van der Waals surface area (Å²) in [5.41, 5.74) is 2.28. The molecule has 2 fully saturated rings. The van der Waals surface area contributed by atoms with Crippen LogP contribution >= 0.6 is 7.60 Å². The Bertz CT molecular complexity index is 827. The van der Waals surface area contributed by atoms with Crippen LogP contribution in [0.3, 0.4) is 0 Å². The van der Waals surface area contributed by atoms with Gasteiger partial charge >= 0.3 is 7.60 Å². The summed E-state index contributed by atoms with van der Waals surface area (Å²) in [7, 11) is -3.54. The van der Waals surface area contributed by atoms with Gasteiger partial charge in [-0.05, 0) is 60.8 Å². The van der Waals surface area contributed by atoms with Gasteiger partial charge in [-0.2, -0.15) is 0 Å². The summed E-state index contributed by atoms with van der Waals surface area (Å²) < 4.78 is 25.8. The molecule has 0 N–H and O–H groups in total. The van der Waals surface area contributed by atoms with E-state index >= 15 is 0 Å². The van der Waals surface area contributed by atoms with Crippen LogP contribution < -0.4 is 9.05 Å². The topological polar surface area (TPSA) is 35.5 Å². The lowest BCUT2D eigenvalue weighted by Gasteiger charge is -2.27. The highest BCUT2D eigenvalue weighted by Crippen LogP contribution is 2.53. The van der Waals surface area contributed by atoms with Gasteiger partial charge in [-0.15, -0.1) is 0 Å². The largest absolute Gasteiger partial charge is 0.455 e. The lowest BCUT2D eigenvalue weighted by atomic mass is 9.84. The summed E-state index contributed by atoms with van der Waals surface area (Å²) in [6.45, 7) is 3.80. The molecule has 0 aromatic heterocycles. The monoisotopic (exact) mass is 424 g/mol. The molecule has 4 rings (SSSR count). The van der Waals surface area contributed by atoms with Gasteiger partial charge in [0.25, 0.3) is 0 Å². The maximum atomic E-state index is 13.6. The van der Waals surface area contributed by atoms with Crippen LogP contribution in [0, 0.1) is 0 Å². The van der Waals surface area contributed by atoms with Crippen molar-refractivity contribution >= 4 is 7.60 Å². The third-order valence-electron chi connectivity index (χ3n) is 6.60. The smallest absolute Gasteiger partial charge is 0.413 e. The van der Waals surface area contributed by atoms with E-state index in [1.807, 2.05) is 36.4 Å². The Kier molecular flexibility index (Phi) is 7.00. The number of para-hydroxylation sites is 2. The molecule has 2 saturated carbocycles. The van der Waals surface area contributed by atoms with Crippen LogP contribution in [0.2, 0.25) is 0 Å². The van der Waals surface area contributed by atoms with Crippen LogP contribution in [-0.4, -0.2) is 0 Å². The van der Waals surface area contributed by atoms with Crippen LogP contribution in [0.15, 0.2) is 60.9 Å². The molecule has 2 aromatic carbocycles. The maximum absolute atomic E-state index is 13.6. The SMILES string of the molecule is C=CP(=O)(Oc1ccccc1C1CCCCC1)Oc1ccccc1C1CCCCC1. The molecule has 0 bridgehead atoms. The Balaban J connectivity index is 1.57. The van der Waals surface area contributed by atoms with Gasteiger partial charge in [0.15, 0.2) is 0 Å². The van der Waals surface area contributed by atoms with Crippen molar-refractivity contribution < 1.29 is 13.6 Å². The zero-order valence-corrected chi connectivity index (χ0v) is 18.7. The van der Waals surface area contributed by atoms with Gasteiger partial charge in [-0.1, -0.05) is 81.5 Å². The number of hydrogen-bond acceptors (Lipinski definition) is 3. The number of benzene rings is 2. The molecule has 0 unspecified atom stereocenters. The van der Waals surface area contributed by atoms with Crippen LogP contribution in [0.4, 0.5) is 0 Å². The first-order valence-electron chi connectivity index (χ1n) is 11.5. The quantitative estimate of drug-likeness (QED) is 0.418. The average molecular weight is 425 g/mol. The zero-order valence-electron chi connectivity index (χ0n) is 17.8. The Morgan fingerprint density at radius 1 is 0.700 bits per heavy atom. The number of hydrogen-bond donors (Lipinski definition) is 0. The molecule has 160 valence electrons. The van der Waals surface area contributed by atoms with Crippen LogP contribution in [0.1, 0.15) is 87.2 Å². The Hall–Kier alpha value is -1.99. The van der Waals surface area contributed by atoms with Gasteiger partial charge in [0.1, 0.15) is 11.5 Å². The van der Waals surface area contributed by atoms with Gasteiger partial charge in [0.2, 0.25) is 0 Å². The molecule has 0 atom stereocenters. The van der Waals surface area contributed by atoms with E-state index in [4.69, 9.17) is 9.05 Å². The van der Waals surface area contributed by atoms with Crippen molar-refractivity contribution in [1.82, 2.24) is 0 Å². The van der Waals surface area contributed by atoms with Crippen molar-refractivity contribution in [3.05, 3.63) is 72.1 Å². The molecule has 2 aliphatic rings. The summed E-state index contributed by atoms with van der Waals surface area (Å²) in [4.78, 5) is 0. The standard InChI is InChI=1S/C26H33O3P/c1-2-30(27,28-25-19-11-9-17-23(25)21-13-5-3-6-14-21)29-26-20-12-10-18-24(26)22-15-7-4-8-16-22/h2,9-12,17-22H,1,3-8,13-16H2. The molecular formula is C26H33O3P. The summed E-state index contributed by atoms with van der Waals surface area (Å²) in [6, 6.07) is 16.0. The van der Waals surface area contributed by atoms with Crippen molar-refractivity contribution in [2.24, 2.45) is 0 Å². The molecule has 2 aliphatic carbocycles. The predicted octanol–water partition coefficient (Wildman–Crippen LogP) is 8.58. The molecule has 2 aromatic rings. The second kappa shape index (κ2) is 9.88. The van der Waals surface area contributed by atoms with E-state index in [1.165, 1.54) is 44.3 Å². The van der Waals surface area contributed by atoms with E-state index in [0.29, 0.717) is 23.3 Å². The van der Waals surface area contributed by atoms with Gasteiger partial charge < -0.3 is 9.05 Å². The predicted molar refractivity (Wildman–Crippen MR) is 124 cm³/mol. The minimum absolute atomic E-state index is 0.461. The highest BCUT2D eigenvalue weighted by Gasteiger charge is 2.29. The normalized spacial score (nSPS) is 18.7. The van der Waals surface area contributed by atoms with Crippen molar-refractivity contribution in [2.45, 2.75) is 76.0 Å². The van der Waals surface area contributed by atoms with Crippen LogP contribution in [0.5, 0.6) is 11.5 Å². The van der Waals surface area contributed by atoms with E-state index in [0.717, 1.165) is 36.8 Å². The Morgan fingerprint density at radius 3 is 1.50 bits per heavy atom. The molecular weight excluding hydrogens is 391 g/mol. The molecule has 0 amide bonds. The van der Waals surface area contributed by atoms with Gasteiger partial charge in [-0.25, -0.2) is 4.57 Å². The lowest BCUT2D eigenvalue weighted by molar-refractivity contribution is 0.380. The molecule has 0 radical (unpaired) electrons. The van der Waals surface area contributed by atoms with Crippen LogP contribution in [-0.2, 0) is 4.57 Å². The second-order valence-corrected chi connectivity index (χ2v) is 10.5.